The van der Waals surface area contributed by atoms with E-state index in [1.54, 1.807) is 19.9 Å². The van der Waals surface area contributed by atoms with E-state index < -0.39 is 22.8 Å². The summed E-state index contributed by atoms with van der Waals surface area (Å²) in [6.07, 6.45) is 1.52. The van der Waals surface area contributed by atoms with Crippen LogP contribution in [0, 0.1) is 24.0 Å². The highest BCUT2D eigenvalue weighted by molar-refractivity contribution is 5.99. The van der Waals surface area contributed by atoms with Crippen LogP contribution in [-0.4, -0.2) is 38.9 Å². The van der Waals surface area contributed by atoms with E-state index >= 15 is 0 Å². The fourth-order valence-electron chi connectivity index (χ4n) is 2.54. The first-order chi connectivity index (χ1) is 10.2. The zero-order chi connectivity index (χ0) is 16.6. The fourth-order valence-corrected chi connectivity index (χ4v) is 2.54. The van der Waals surface area contributed by atoms with Gasteiger partial charge in [-0.25, -0.2) is 4.79 Å². The molecule has 7 nitrogen and oxygen atoms in total. The molecule has 0 saturated heterocycles. The van der Waals surface area contributed by atoms with Crippen molar-refractivity contribution in [2.75, 3.05) is 0 Å². The molecule has 2 rings (SSSR count). The average molecular weight is 306 g/mol. The summed E-state index contributed by atoms with van der Waals surface area (Å²) >= 11 is 0. The maximum absolute atomic E-state index is 12.7. The fraction of sp³-hybridized carbons (Fsp3) is 0.467. The molecule has 7 heteroatoms. The lowest BCUT2D eigenvalue weighted by molar-refractivity contribution is -0.385. The largest absolute Gasteiger partial charge is 0.480 e. The molecule has 1 amide bonds. The van der Waals surface area contributed by atoms with E-state index in [2.05, 4.69) is 0 Å². The molecule has 0 spiro atoms. The van der Waals surface area contributed by atoms with Gasteiger partial charge in [-0.15, -0.1) is 0 Å². The van der Waals surface area contributed by atoms with Crippen molar-refractivity contribution in [1.29, 1.82) is 0 Å². The molecule has 1 atom stereocenters. The lowest BCUT2D eigenvalue weighted by atomic mass is 10.0. The number of carbonyl (C=O) groups is 2. The van der Waals surface area contributed by atoms with Crippen molar-refractivity contribution in [3.05, 3.63) is 38.9 Å². The molecule has 0 aliphatic heterocycles. The van der Waals surface area contributed by atoms with Gasteiger partial charge in [0.2, 0.25) is 0 Å². The summed E-state index contributed by atoms with van der Waals surface area (Å²) in [7, 11) is 0. The summed E-state index contributed by atoms with van der Waals surface area (Å²) in [5.41, 5.74) is 1.14. The average Bonchev–Trinajstić information content (AvgIpc) is 3.22. The molecule has 0 radical (unpaired) electrons. The van der Waals surface area contributed by atoms with E-state index in [0.29, 0.717) is 11.1 Å². The molecular formula is C15H18N2O5. The topological polar surface area (TPSA) is 101 Å². The Bertz CT molecular complexity index is 652. The van der Waals surface area contributed by atoms with Crippen LogP contribution in [0.15, 0.2) is 12.1 Å². The molecule has 0 bridgehead atoms. The number of nitro groups is 1. The Morgan fingerprint density at radius 1 is 1.32 bits per heavy atom. The van der Waals surface area contributed by atoms with Crippen LogP contribution in [-0.2, 0) is 4.79 Å². The molecule has 0 heterocycles. The quantitative estimate of drug-likeness (QED) is 0.664. The molecule has 1 aromatic rings. The van der Waals surface area contributed by atoms with Crippen LogP contribution in [0.2, 0.25) is 0 Å². The summed E-state index contributed by atoms with van der Waals surface area (Å²) in [6.45, 7) is 4.76. The third kappa shape index (κ3) is 2.93. The Balaban J connectivity index is 2.45. The van der Waals surface area contributed by atoms with E-state index in [1.807, 2.05) is 0 Å². The predicted molar refractivity (Wildman–Crippen MR) is 78.9 cm³/mol. The highest BCUT2D eigenvalue weighted by Gasteiger charge is 2.39. The van der Waals surface area contributed by atoms with Crippen LogP contribution in [0.1, 0.15) is 41.3 Å². The third-order valence-electron chi connectivity index (χ3n) is 3.92. The summed E-state index contributed by atoms with van der Waals surface area (Å²) < 4.78 is 0. The van der Waals surface area contributed by atoms with Gasteiger partial charge in [-0.05, 0) is 45.2 Å². The molecule has 1 unspecified atom stereocenters. The first kappa shape index (κ1) is 15.9. The minimum absolute atomic E-state index is 0.0987. The molecule has 22 heavy (non-hydrogen) atoms. The van der Waals surface area contributed by atoms with Crippen molar-refractivity contribution < 1.29 is 19.6 Å². The number of aryl methyl sites for hydroxylation is 2. The van der Waals surface area contributed by atoms with Gasteiger partial charge in [0, 0.05) is 23.2 Å². The van der Waals surface area contributed by atoms with Crippen LogP contribution in [0.5, 0.6) is 0 Å². The molecule has 1 aliphatic carbocycles. The smallest absolute Gasteiger partial charge is 0.326 e. The van der Waals surface area contributed by atoms with E-state index in [1.165, 1.54) is 17.9 Å². The standard InChI is InChI=1S/C15H18N2O5/c1-8-6-9(2)13(17(21)22)7-12(8)14(18)16(11-4-5-11)10(3)15(19)20/h6-7,10-11H,4-5H2,1-3H3,(H,19,20). The van der Waals surface area contributed by atoms with Gasteiger partial charge in [-0.1, -0.05) is 0 Å². The molecule has 0 aromatic heterocycles. The highest BCUT2D eigenvalue weighted by atomic mass is 16.6. The summed E-state index contributed by atoms with van der Waals surface area (Å²) in [6, 6.07) is 1.77. The number of aliphatic carboxylic acids is 1. The molecule has 1 fully saturated rings. The van der Waals surface area contributed by atoms with E-state index in [9.17, 15) is 24.8 Å². The number of rotatable bonds is 5. The van der Waals surface area contributed by atoms with E-state index in [4.69, 9.17) is 0 Å². The lowest BCUT2D eigenvalue weighted by Crippen LogP contribution is -2.45. The lowest BCUT2D eigenvalue weighted by Gasteiger charge is -2.27. The van der Waals surface area contributed by atoms with E-state index in [0.717, 1.165) is 12.8 Å². The normalized spacial score (nSPS) is 15.2. The first-order valence-corrected chi connectivity index (χ1v) is 7.05. The van der Waals surface area contributed by atoms with Crippen molar-refractivity contribution in [3.63, 3.8) is 0 Å². The van der Waals surface area contributed by atoms with Crippen LogP contribution >= 0.6 is 0 Å². The maximum atomic E-state index is 12.7. The summed E-state index contributed by atoms with van der Waals surface area (Å²) in [4.78, 5) is 35.8. The Kier molecular flexibility index (Phi) is 4.16. The van der Waals surface area contributed by atoms with Gasteiger partial charge < -0.3 is 10.0 Å². The van der Waals surface area contributed by atoms with Gasteiger partial charge in [0.1, 0.15) is 6.04 Å². The van der Waals surface area contributed by atoms with Gasteiger partial charge in [-0.3, -0.25) is 14.9 Å². The zero-order valence-electron chi connectivity index (χ0n) is 12.7. The van der Waals surface area contributed by atoms with Gasteiger partial charge >= 0.3 is 5.97 Å². The van der Waals surface area contributed by atoms with Crippen LogP contribution in [0.3, 0.4) is 0 Å². The molecule has 118 valence electrons. The number of nitro benzene ring substituents is 1. The maximum Gasteiger partial charge on any atom is 0.326 e. The van der Waals surface area contributed by atoms with Gasteiger partial charge in [0.05, 0.1) is 4.92 Å². The van der Waals surface area contributed by atoms with Crippen molar-refractivity contribution >= 4 is 17.6 Å². The second-order valence-electron chi connectivity index (χ2n) is 5.67. The minimum Gasteiger partial charge on any atom is -0.480 e. The van der Waals surface area contributed by atoms with E-state index in [-0.39, 0.29) is 17.3 Å². The second kappa shape index (κ2) is 5.75. The Hall–Kier alpha value is -2.44. The first-order valence-electron chi connectivity index (χ1n) is 7.05. The second-order valence-corrected chi connectivity index (χ2v) is 5.67. The molecule has 1 aliphatic rings. The third-order valence-corrected chi connectivity index (χ3v) is 3.92. The van der Waals surface area contributed by atoms with Crippen molar-refractivity contribution in [3.8, 4) is 0 Å². The van der Waals surface area contributed by atoms with Crippen molar-refractivity contribution in [2.45, 2.75) is 45.7 Å². The molecule has 1 aromatic carbocycles. The number of nitrogens with zero attached hydrogens (tertiary/aromatic N) is 2. The number of carbonyl (C=O) groups excluding carboxylic acids is 1. The summed E-state index contributed by atoms with van der Waals surface area (Å²) in [5.74, 6) is -1.54. The van der Waals surface area contributed by atoms with Crippen molar-refractivity contribution in [1.82, 2.24) is 4.90 Å². The van der Waals surface area contributed by atoms with Gasteiger partial charge in [0.15, 0.2) is 0 Å². The summed E-state index contributed by atoms with van der Waals surface area (Å²) in [5, 5.41) is 20.2. The number of carboxylic acid groups (broad SMARTS) is 1. The monoisotopic (exact) mass is 306 g/mol. The Labute approximate surface area is 127 Å². The highest BCUT2D eigenvalue weighted by Crippen LogP contribution is 2.32. The number of hydrogen-bond acceptors (Lipinski definition) is 4. The van der Waals surface area contributed by atoms with Gasteiger partial charge in [0.25, 0.3) is 11.6 Å². The number of amides is 1. The zero-order valence-corrected chi connectivity index (χ0v) is 12.7. The van der Waals surface area contributed by atoms with Crippen LogP contribution in [0.25, 0.3) is 0 Å². The SMILES string of the molecule is Cc1cc(C)c([N+](=O)[O-])cc1C(=O)N(C1CC1)C(C)C(=O)O. The van der Waals surface area contributed by atoms with Gasteiger partial charge in [-0.2, -0.15) is 0 Å². The predicted octanol–water partition coefficient (Wildman–Crippen LogP) is 2.29. The minimum atomic E-state index is -1.08. The van der Waals surface area contributed by atoms with Crippen molar-refractivity contribution in [2.24, 2.45) is 0 Å². The Morgan fingerprint density at radius 3 is 2.36 bits per heavy atom. The number of carboxylic acids is 1. The molecule has 1 N–H and O–H groups in total. The van der Waals surface area contributed by atoms with Crippen LogP contribution in [0.4, 0.5) is 5.69 Å². The van der Waals surface area contributed by atoms with Crippen LogP contribution < -0.4 is 0 Å². The number of hydrogen-bond donors (Lipinski definition) is 1. The molecule has 1 saturated carbocycles. The number of benzene rings is 1. The molecular weight excluding hydrogens is 288 g/mol. The Morgan fingerprint density at radius 2 is 1.91 bits per heavy atom.